The highest BCUT2D eigenvalue weighted by Crippen LogP contribution is 2.31. The molecule has 0 saturated heterocycles. The summed E-state index contributed by atoms with van der Waals surface area (Å²) < 4.78 is 6.84. The Morgan fingerprint density at radius 1 is 1.21 bits per heavy atom. The van der Waals surface area contributed by atoms with Gasteiger partial charge in [-0.05, 0) is 30.3 Å². The second kappa shape index (κ2) is 7.41. The van der Waals surface area contributed by atoms with E-state index in [9.17, 15) is 14.9 Å². The molecule has 0 fully saturated rings. The first-order chi connectivity index (χ1) is 13.5. The molecule has 0 unspecified atom stereocenters. The van der Waals surface area contributed by atoms with Gasteiger partial charge in [0.1, 0.15) is 5.76 Å². The van der Waals surface area contributed by atoms with E-state index in [0.717, 1.165) is 21.3 Å². The maximum Gasteiger partial charge on any atom is 0.270 e. The normalized spacial score (nSPS) is 10.9. The van der Waals surface area contributed by atoms with Crippen molar-refractivity contribution in [2.75, 3.05) is 0 Å². The van der Waals surface area contributed by atoms with E-state index in [2.05, 4.69) is 10.3 Å². The highest BCUT2D eigenvalue weighted by molar-refractivity contribution is 7.21. The van der Waals surface area contributed by atoms with Gasteiger partial charge < -0.3 is 9.73 Å². The summed E-state index contributed by atoms with van der Waals surface area (Å²) in [7, 11) is 0. The first kappa shape index (κ1) is 18.1. The van der Waals surface area contributed by atoms with Crippen molar-refractivity contribution >= 4 is 44.7 Å². The van der Waals surface area contributed by atoms with E-state index in [1.54, 1.807) is 12.1 Å². The summed E-state index contributed by atoms with van der Waals surface area (Å²) in [6, 6.07) is 15.1. The first-order valence-corrected chi connectivity index (χ1v) is 9.37. The zero-order valence-electron chi connectivity index (χ0n) is 14.2. The van der Waals surface area contributed by atoms with Crippen LogP contribution in [0, 0.1) is 10.1 Å². The summed E-state index contributed by atoms with van der Waals surface area (Å²) in [5.74, 6) is 0.734. The number of hydrogen-bond acceptors (Lipinski definition) is 6. The monoisotopic (exact) mass is 413 g/mol. The second-order valence-electron chi connectivity index (χ2n) is 5.86. The number of non-ortho nitro benzene ring substituents is 1. The Kier molecular flexibility index (Phi) is 4.81. The van der Waals surface area contributed by atoms with Crippen LogP contribution in [-0.2, 0) is 6.54 Å². The largest absolute Gasteiger partial charge is 0.457 e. The smallest absolute Gasteiger partial charge is 0.270 e. The summed E-state index contributed by atoms with van der Waals surface area (Å²) in [6.07, 6.45) is 0. The molecule has 7 nitrogen and oxygen atoms in total. The quantitative estimate of drug-likeness (QED) is 0.364. The summed E-state index contributed by atoms with van der Waals surface area (Å²) in [6.45, 7) is 0.150. The zero-order chi connectivity index (χ0) is 19.7. The molecule has 0 atom stereocenters. The molecule has 0 aliphatic carbocycles. The van der Waals surface area contributed by atoms with Gasteiger partial charge in [-0.3, -0.25) is 14.9 Å². The van der Waals surface area contributed by atoms with Crippen LogP contribution in [0.2, 0.25) is 5.02 Å². The van der Waals surface area contributed by atoms with Crippen LogP contribution in [0.15, 0.2) is 59.0 Å². The Hall–Kier alpha value is -3.23. The summed E-state index contributed by atoms with van der Waals surface area (Å²) in [4.78, 5) is 27.0. The number of nitro groups is 1. The fourth-order valence-corrected chi connectivity index (χ4v) is 3.82. The van der Waals surface area contributed by atoms with Crippen molar-refractivity contribution in [1.29, 1.82) is 0 Å². The molecular weight excluding hydrogens is 402 g/mol. The maximum atomic E-state index is 12.3. The Balaban J connectivity index is 1.46. The van der Waals surface area contributed by atoms with E-state index in [4.69, 9.17) is 16.0 Å². The minimum Gasteiger partial charge on any atom is -0.457 e. The number of rotatable bonds is 5. The standard InChI is InChI=1S/C19H12ClN3O4S/c20-14-9-11(23(25)26)5-7-13(14)18(24)21-10-12-6-8-16(27-12)19-22-15-3-1-2-4-17(15)28-19/h1-9H,10H2,(H,21,24). The molecule has 4 aromatic rings. The lowest BCUT2D eigenvalue weighted by Gasteiger charge is -2.05. The lowest BCUT2D eigenvalue weighted by molar-refractivity contribution is -0.384. The highest BCUT2D eigenvalue weighted by Gasteiger charge is 2.16. The van der Waals surface area contributed by atoms with Crippen LogP contribution in [-0.4, -0.2) is 15.8 Å². The molecule has 140 valence electrons. The van der Waals surface area contributed by atoms with Crippen molar-refractivity contribution < 1.29 is 14.1 Å². The number of carbonyl (C=O) groups excluding carboxylic acids is 1. The van der Waals surface area contributed by atoms with Crippen LogP contribution in [0.4, 0.5) is 5.69 Å². The molecule has 28 heavy (non-hydrogen) atoms. The molecule has 2 aromatic heterocycles. The van der Waals surface area contributed by atoms with Crippen molar-refractivity contribution in [1.82, 2.24) is 10.3 Å². The third-order valence-electron chi connectivity index (χ3n) is 4.00. The van der Waals surface area contributed by atoms with Crippen molar-refractivity contribution in [3.63, 3.8) is 0 Å². The number of nitro benzene ring substituents is 1. The van der Waals surface area contributed by atoms with Crippen molar-refractivity contribution in [3.8, 4) is 10.8 Å². The molecule has 9 heteroatoms. The highest BCUT2D eigenvalue weighted by atomic mass is 35.5. The molecule has 2 aromatic carbocycles. The van der Waals surface area contributed by atoms with E-state index in [1.165, 1.54) is 23.5 Å². The van der Waals surface area contributed by atoms with Gasteiger partial charge in [-0.15, -0.1) is 11.3 Å². The molecule has 4 rings (SSSR count). The Morgan fingerprint density at radius 3 is 2.79 bits per heavy atom. The fourth-order valence-electron chi connectivity index (χ4n) is 2.63. The predicted octanol–water partition coefficient (Wildman–Crippen LogP) is 5.05. The summed E-state index contributed by atoms with van der Waals surface area (Å²) in [5, 5.41) is 14.2. The van der Waals surface area contributed by atoms with E-state index < -0.39 is 10.8 Å². The maximum absolute atomic E-state index is 12.3. The fraction of sp³-hybridized carbons (Fsp3) is 0.0526. The van der Waals surface area contributed by atoms with Crippen LogP contribution < -0.4 is 5.32 Å². The zero-order valence-corrected chi connectivity index (χ0v) is 15.8. The molecule has 0 aliphatic rings. The predicted molar refractivity (Wildman–Crippen MR) is 107 cm³/mol. The third-order valence-corrected chi connectivity index (χ3v) is 5.36. The van der Waals surface area contributed by atoms with Gasteiger partial charge in [0.05, 0.1) is 32.3 Å². The molecule has 0 aliphatic heterocycles. The minimum atomic E-state index is -0.569. The third kappa shape index (κ3) is 3.60. The summed E-state index contributed by atoms with van der Waals surface area (Å²) >= 11 is 7.50. The number of nitrogens with zero attached hydrogens (tertiary/aromatic N) is 2. The SMILES string of the molecule is O=C(NCc1ccc(-c2nc3ccccc3s2)o1)c1ccc([N+](=O)[O-])cc1Cl. The number of carbonyl (C=O) groups is 1. The number of aromatic nitrogens is 1. The van der Waals surface area contributed by atoms with Gasteiger partial charge in [0.2, 0.25) is 0 Å². The lowest BCUT2D eigenvalue weighted by atomic mass is 10.2. The number of thiazole rings is 1. The number of benzene rings is 2. The van der Waals surface area contributed by atoms with Gasteiger partial charge in [0.15, 0.2) is 10.8 Å². The van der Waals surface area contributed by atoms with Gasteiger partial charge in [-0.25, -0.2) is 4.98 Å². The average Bonchev–Trinajstić information content (AvgIpc) is 3.32. The van der Waals surface area contributed by atoms with Crippen molar-refractivity contribution in [2.45, 2.75) is 6.54 Å². The second-order valence-corrected chi connectivity index (χ2v) is 7.29. The van der Waals surface area contributed by atoms with Crippen molar-refractivity contribution in [3.05, 3.63) is 81.1 Å². The van der Waals surface area contributed by atoms with Gasteiger partial charge in [-0.1, -0.05) is 23.7 Å². The molecular formula is C19H12ClN3O4S. The van der Waals surface area contributed by atoms with E-state index >= 15 is 0 Å². The van der Waals surface area contributed by atoms with Crippen LogP contribution in [0.25, 0.3) is 21.0 Å². The molecule has 2 heterocycles. The molecule has 0 radical (unpaired) electrons. The van der Waals surface area contributed by atoms with Gasteiger partial charge in [0.25, 0.3) is 11.6 Å². The number of halogens is 1. The van der Waals surface area contributed by atoms with E-state index in [1.807, 2.05) is 24.3 Å². The van der Waals surface area contributed by atoms with Gasteiger partial charge in [-0.2, -0.15) is 0 Å². The van der Waals surface area contributed by atoms with E-state index in [0.29, 0.717) is 11.5 Å². The first-order valence-electron chi connectivity index (χ1n) is 8.18. The number of hydrogen-bond donors (Lipinski definition) is 1. The topological polar surface area (TPSA) is 98.3 Å². The Morgan fingerprint density at radius 2 is 2.04 bits per heavy atom. The van der Waals surface area contributed by atoms with E-state index in [-0.39, 0.29) is 22.8 Å². The van der Waals surface area contributed by atoms with Crippen LogP contribution in [0.5, 0.6) is 0 Å². The number of nitrogens with one attached hydrogen (secondary N) is 1. The number of furan rings is 1. The molecule has 1 amide bonds. The summed E-state index contributed by atoms with van der Waals surface area (Å²) in [5.41, 5.74) is 0.889. The molecule has 1 N–H and O–H groups in total. The van der Waals surface area contributed by atoms with Crippen LogP contribution in [0.1, 0.15) is 16.1 Å². The van der Waals surface area contributed by atoms with Gasteiger partial charge >= 0.3 is 0 Å². The number of para-hydroxylation sites is 1. The van der Waals surface area contributed by atoms with Crippen LogP contribution in [0.3, 0.4) is 0 Å². The Labute approximate surface area is 167 Å². The van der Waals surface area contributed by atoms with Crippen LogP contribution >= 0.6 is 22.9 Å². The van der Waals surface area contributed by atoms with Crippen molar-refractivity contribution in [2.24, 2.45) is 0 Å². The molecule has 0 spiro atoms. The molecule has 0 saturated carbocycles. The lowest BCUT2D eigenvalue weighted by Crippen LogP contribution is -2.22. The molecule has 0 bridgehead atoms. The minimum absolute atomic E-state index is 0.0151. The van der Waals surface area contributed by atoms with Gasteiger partial charge in [0, 0.05) is 12.1 Å². The number of amides is 1. The Bertz CT molecular complexity index is 1170. The average molecular weight is 414 g/mol. The number of fused-ring (bicyclic) bond motifs is 1.